The van der Waals surface area contributed by atoms with Gasteiger partial charge in [0.05, 0.1) is 37.7 Å². The monoisotopic (exact) mass is 279 g/mol. The lowest BCUT2D eigenvalue weighted by molar-refractivity contribution is -0.0364. The normalized spacial score (nSPS) is 24.9. The van der Waals surface area contributed by atoms with E-state index in [0.717, 1.165) is 25.4 Å². The molecule has 1 aliphatic carbocycles. The van der Waals surface area contributed by atoms with Crippen LogP contribution in [-0.4, -0.2) is 42.2 Å². The first-order valence-corrected chi connectivity index (χ1v) is 7.86. The van der Waals surface area contributed by atoms with Gasteiger partial charge in [-0.05, 0) is 18.9 Å². The van der Waals surface area contributed by atoms with Crippen LogP contribution in [0.15, 0.2) is 12.3 Å². The van der Waals surface area contributed by atoms with Gasteiger partial charge in [-0.15, -0.1) is 0 Å². The summed E-state index contributed by atoms with van der Waals surface area (Å²) >= 11 is 0. The fraction of sp³-hybridized carbons (Fsp3) is 0.800. The molecule has 0 spiro atoms. The molecular weight excluding hydrogens is 254 g/mol. The van der Waals surface area contributed by atoms with Crippen LogP contribution in [0.2, 0.25) is 0 Å². The van der Waals surface area contributed by atoms with Gasteiger partial charge in [0.25, 0.3) is 0 Å². The summed E-state index contributed by atoms with van der Waals surface area (Å²) < 4.78 is 13.5. The van der Waals surface area contributed by atoms with E-state index < -0.39 is 0 Å². The van der Waals surface area contributed by atoms with Gasteiger partial charge in [-0.3, -0.25) is 4.68 Å². The molecule has 3 rings (SSSR count). The van der Waals surface area contributed by atoms with Crippen LogP contribution < -0.4 is 5.32 Å². The van der Waals surface area contributed by atoms with Crippen molar-refractivity contribution in [1.82, 2.24) is 15.1 Å². The van der Waals surface area contributed by atoms with Crippen LogP contribution in [0.3, 0.4) is 0 Å². The van der Waals surface area contributed by atoms with Gasteiger partial charge in [0, 0.05) is 19.3 Å². The van der Waals surface area contributed by atoms with Crippen molar-refractivity contribution in [3.05, 3.63) is 18.0 Å². The number of nitrogens with zero attached hydrogens (tertiary/aromatic N) is 2. The first-order valence-electron chi connectivity index (χ1n) is 7.86. The minimum atomic E-state index is 0.184. The molecule has 112 valence electrons. The highest BCUT2D eigenvalue weighted by atomic mass is 16.5. The van der Waals surface area contributed by atoms with Gasteiger partial charge in [0.1, 0.15) is 0 Å². The van der Waals surface area contributed by atoms with Crippen molar-refractivity contribution in [3.8, 4) is 0 Å². The van der Waals surface area contributed by atoms with E-state index in [1.54, 1.807) is 0 Å². The number of hydrogen-bond donors (Lipinski definition) is 1. The molecule has 20 heavy (non-hydrogen) atoms. The first-order chi connectivity index (χ1) is 9.92. The minimum Gasteiger partial charge on any atom is -0.373 e. The molecule has 2 heterocycles. The SMILES string of the molecule is c1cn(C2CCCCC2)nc1COCC1CNCCO1. The number of nitrogens with one attached hydrogen (secondary N) is 1. The maximum absolute atomic E-state index is 5.72. The molecule has 1 unspecified atom stereocenters. The summed E-state index contributed by atoms with van der Waals surface area (Å²) in [4.78, 5) is 0. The van der Waals surface area contributed by atoms with Crippen molar-refractivity contribution in [2.24, 2.45) is 0 Å². The Bertz CT molecular complexity index is 396. The second kappa shape index (κ2) is 7.20. The van der Waals surface area contributed by atoms with E-state index in [1.165, 1.54) is 32.1 Å². The molecule has 1 saturated heterocycles. The van der Waals surface area contributed by atoms with Crippen LogP contribution in [0.5, 0.6) is 0 Å². The van der Waals surface area contributed by atoms with Gasteiger partial charge >= 0.3 is 0 Å². The summed E-state index contributed by atoms with van der Waals surface area (Å²) in [6, 6.07) is 2.68. The Morgan fingerprint density at radius 2 is 2.25 bits per heavy atom. The van der Waals surface area contributed by atoms with Crippen molar-refractivity contribution in [1.29, 1.82) is 0 Å². The van der Waals surface area contributed by atoms with Crippen LogP contribution in [0, 0.1) is 0 Å². The number of rotatable bonds is 5. The van der Waals surface area contributed by atoms with Crippen LogP contribution in [0.1, 0.15) is 43.8 Å². The van der Waals surface area contributed by atoms with E-state index in [-0.39, 0.29) is 6.10 Å². The van der Waals surface area contributed by atoms with Crippen LogP contribution in [0.4, 0.5) is 0 Å². The largest absolute Gasteiger partial charge is 0.373 e. The molecule has 1 N–H and O–H groups in total. The van der Waals surface area contributed by atoms with Gasteiger partial charge in [-0.1, -0.05) is 19.3 Å². The Hall–Kier alpha value is -0.910. The summed E-state index contributed by atoms with van der Waals surface area (Å²) in [5.74, 6) is 0. The molecule has 1 aliphatic heterocycles. The molecule has 0 radical (unpaired) electrons. The first kappa shape index (κ1) is 14.0. The smallest absolute Gasteiger partial charge is 0.0933 e. The topological polar surface area (TPSA) is 48.3 Å². The van der Waals surface area contributed by atoms with Gasteiger partial charge in [-0.2, -0.15) is 5.10 Å². The van der Waals surface area contributed by atoms with Gasteiger partial charge < -0.3 is 14.8 Å². The van der Waals surface area contributed by atoms with Crippen molar-refractivity contribution in [2.75, 3.05) is 26.3 Å². The Balaban J connectivity index is 1.42. The van der Waals surface area contributed by atoms with E-state index in [1.807, 2.05) is 0 Å². The second-order valence-electron chi connectivity index (χ2n) is 5.79. The molecule has 5 heteroatoms. The lowest BCUT2D eigenvalue weighted by Crippen LogP contribution is -2.40. The number of aromatic nitrogens is 2. The van der Waals surface area contributed by atoms with E-state index in [0.29, 0.717) is 19.3 Å². The lowest BCUT2D eigenvalue weighted by atomic mass is 9.96. The Morgan fingerprint density at radius 3 is 3.05 bits per heavy atom. The van der Waals surface area contributed by atoms with Crippen molar-refractivity contribution < 1.29 is 9.47 Å². The number of ether oxygens (including phenoxy) is 2. The Labute approximate surface area is 120 Å². The maximum atomic E-state index is 5.72. The summed E-state index contributed by atoms with van der Waals surface area (Å²) in [6.07, 6.45) is 8.87. The second-order valence-corrected chi connectivity index (χ2v) is 5.79. The highest BCUT2D eigenvalue weighted by Crippen LogP contribution is 2.27. The van der Waals surface area contributed by atoms with E-state index in [9.17, 15) is 0 Å². The Kier molecular flexibility index (Phi) is 5.06. The maximum Gasteiger partial charge on any atom is 0.0933 e. The third kappa shape index (κ3) is 3.81. The van der Waals surface area contributed by atoms with Gasteiger partial charge in [0.15, 0.2) is 0 Å². The van der Waals surface area contributed by atoms with Crippen molar-refractivity contribution in [3.63, 3.8) is 0 Å². The zero-order valence-electron chi connectivity index (χ0n) is 12.1. The third-order valence-corrected chi connectivity index (χ3v) is 4.17. The highest BCUT2D eigenvalue weighted by molar-refractivity contribution is 4.98. The van der Waals surface area contributed by atoms with Crippen LogP contribution in [0.25, 0.3) is 0 Å². The number of hydrogen-bond acceptors (Lipinski definition) is 4. The average Bonchev–Trinajstić information content (AvgIpc) is 2.98. The molecule has 2 fully saturated rings. The van der Waals surface area contributed by atoms with E-state index in [2.05, 4.69) is 27.4 Å². The molecular formula is C15H25N3O2. The molecule has 1 atom stereocenters. The fourth-order valence-corrected chi connectivity index (χ4v) is 3.03. The predicted molar refractivity (Wildman–Crippen MR) is 76.6 cm³/mol. The van der Waals surface area contributed by atoms with Gasteiger partial charge in [-0.25, -0.2) is 0 Å². The molecule has 1 saturated carbocycles. The molecule has 0 bridgehead atoms. The summed E-state index contributed by atoms with van der Waals surface area (Å²) in [6.45, 7) is 3.84. The van der Waals surface area contributed by atoms with Crippen LogP contribution in [-0.2, 0) is 16.1 Å². The predicted octanol–water partition coefficient (Wildman–Crippen LogP) is 1.89. The number of morpholine rings is 1. The van der Waals surface area contributed by atoms with Crippen molar-refractivity contribution in [2.45, 2.75) is 50.9 Å². The fourth-order valence-electron chi connectivity index (χ4n) is 3.03. The molecule has 1 aromatic heterocycles. The summed E-state index contributed by atoms with van der Waals surface area (Å²) in [5, 5.41) is 7.96. The molecule has 0 aromatic carbocycles. The zero-order valence-corrected chi connectivity index (χ0v) is 12.1. The quantitative estimate of drug-likeness (QED) is 0.894. The molecule has 0 amide bonds. The third-order valence-electron chi connectivity index (χ3n) is 4.17. The summed E-state index contributed by atoms with van der Waals surface area (Å²) in [5.41, 5.74) is 1.03. The highest BCUT2D eigenvalue weighted by Gasteiger charge is 2.16. The lowest BCUT2D eigenvalue weighted by Gasteiger charge is -2.23. The molecule has 5 nitrogen and oxygen atoms in total. The van der Waals surface area contributed by atoms with E-state index in [4.69, 9.17) is 9.47 Å². The average molecular weight is 279 g/mol. The van der Waals surface area contributed by atoms with Crippen molar-refractivity contribution >= 4 is 0 Å². The molecule has 2 aliphatic rings. The van der Waals surface area contributed by atoms with Gasteiger partial charge in [0.2, 0.25) is 0 Å². The Morgan fingerprint density at radius 1 is 1.35 bits per heavy atom. The van der Waals surface area contributed by atoms with E-state index >= 15 is 0 Å². The standard InChI is InChI=1S/C15H25N3O2/c1-2-4-14(5-3-1)18-8-6-13(17-18)11-19-12-15-10-16-7-9-20-15/h6,8,14-16H,1-5,7,9-12H2. The van der Waals surface area contributed by atoms with Crippen LogP contribution >= 0.6 is 0 Å². The minimum absolute atomic E-state index is 0.184. The molecule has 1 aromatic rings. The summed E-state index contributed by atoms with van der Waals surface area (Å²) in [7, 11) is 0. The zero-order chi connectivity index (χ0) is 13.6.